The number of methoxy groups -OCH3 is 2. The molecule has 3 rings (SSSR count). The first kappa shape index (κ1) is 21.4. The third-order valence-electron chi connectivity index (χ3n) is 5.23. The van der Waals surface area contributed by atoms with Gasteiger partial charge in [-0.15, -0.1) is 0 Å². The van der Waals surface area contributed by atoms with Crippen LogP contribution in [0.1, 0.15) is 47.3 Å². The van der Waals surface area contributed by atoms with Crippen LogP contribution in [0.5, 0.6) is 5.75 Å². The molecule has 0 unspecified atom stereocenters. The lowest BCUT2D eigenvalue weighted by atomic mass is 9.95. The number of nitrogens with one attached hydrogen (secondary N) is 1. The number of esters is 1. The minimum Gasteiger partial charge on any atom is -0.497 e. The van der Waals surface area contributed by atoms with E-state index in [1.165, 1.54) is 14.0 Å². The summed E-state index contributed by atoms with van der Waals surface area (Å²) in [6.45, 7) is 1.99. The second-order valence-electron chi connectivity index (χ2n) is 7.17. The summed E-state index contributed by atoms with van der Waals surface area (Å²) in [7, 11) is 2.93. The molecule has 1 N–H and O–H groups in total. The monoisotopic (exact) mass is 410 g/mol. The lowest BCUT2D eigenvalue weighted by Crippen LogP contribution is -2.39. The first-order valence-electron chi connectivity index (χ1n) is 9.86. The highest BCUT2D eigenvalue weighted by molar-refractivity contribution is 5.99. The lowest BCUT2D eigenvalue weighted by molar-refractivity contribution is -0.121. The Morgan fingerprint density at radius 2 is 1.83 bits per heavy atom. The van der Waals surface area contributed by atoms with Crippen LogP contribution in [0.25, 0.3) is 0 Å². The molecule has 7 nitrogen and oxygen atoms in total. The number of ether oxygens (including phenoxy) is 2. The molecule has 2 aromatic carbocycles. The Bertz CT molecular complexity index is 939. The lowest BCUT2D eigenvalue weighted by Gasteiger charge is -2.32. The second kappa shape index (κ2) is 9.43. The standard InChI is InChI=1S/C23H26N2O5/c1-15(26)24-20(16-9-11-17(29-2)12-10-16)14-22(27)25-13-5-7-18-19(23(28)30-3)6-4-8-21(18)25/h4,6,8-12,20H,5,7,13-14H2,1-3H3,(H,24,26)/t20-/m1/s1. The van der Waals surface area contributed by atoms with Gasteiger partial charge in [0.05, 0.1) is 32.2 Å². The molecular weight excluding hydrogens is 384 g/mol. The van der Waals surface area contributed by atoms with Gasteiger partial charge in [-0.25, -0.2) is 4.79 Å². The summed E-state index contributed by atoms with van der Waals surface area (Å²) in [5, 5.41) is 2.86. The summed E-state index contributed by atoms with van der Waals surface area (Å²) in [6.07, 6.45) is 1.56. The van der Waals surface area contributed by atoms with Crippen LogP contribution in [0.15, 0.2) is 42.5 Å². The van der Waals surface area contributed by atoms with Crippen LogP contribution < -0.4 is 15.0 Å². The molecule has 2 aromatic rings. The molecule has 0 saturated heterocycles. The molecule has 158 valence electrons. The fourth-order valence-corrected chi connectivity index (χ4v) is 3.80. The Morgan fingerprint density at radius 3 is 2.47 bits per heavy atom. The van der Waals surface area contributed by atoms with Crippen LogP contribution in [0.3, 0.4) is 0 Å². The van der Waals surface area contributed by atoms with E-state index in [-0.39, 0.29) is 18.2 Å². The van der Waals surface area contributed by atoms with Crippen molar-refractivity contribution in [1.82, 2.24) is 5.32 Å². The minimum atomic E-state index is -0.463. The smallest absolute Gasteiger partial charge is 0.338 e. The number of hydrogen-bond donors (Lipinski definition) is 1. The summed E-state index contributed by atoms with van der Waals surface area (Å²) >= 11 is 0. The van der Waals surface area contributed by atoms with E-state index < -0.39 is 12.0 Å². The summed E-state index contributed by atoms with van der Waals surface area (Å²) in [5.74, 6) is -0.0365. The van der Waals surface area contributed by atoms with E-state index in [1.807, 2.05) is 18.2 Å². The van der Waals surface area contributed by atoms with Crippen LogP contribution in [0.2, 0.25) is 0 Å². The zero-order valence-electron chi connectivity index (χ0n) is 17.4. The van der Waals surface area contributed by atoms with E-state index in [0.717, 1.165) is 23.2 Å². The number of carbonyl (C=O) groups excluding carboxylic acids is 3. The van der Waals surface area contributed by atoms with Gasteiger partial charge in [0.25, 0.3) is 0 Å². The van der Waals surface area contributed by atoms with Gasteiger partial charge >= 0.3 is 5.97 Å². The number of fused-ring (bicyclic) bond motifs is 1. The van der Waals surface area contributed by atoms with Crippen molar-refractivity contribution in [2.45, 2.75) is 32.2 Å². The number of amides is 2. The van der Waals surface area contributed by atoms with Crippen LogP contribution in [0.4, 0.5) is 5.69 Å². The number of hydrogen-bond acceptors (Lipinski definition) is 5. The van der Waals surface area contributed by atoms with Crippen LogP contribution in [-0.4, -0.2) is 38.5 Å². The largest absolute Gasteiger partial charge is 0.497 e. The Hall–Kier alpha value is -3.35. The highest BCUT2D eigenvalue weighted by atomic mass is 16.5. The first-order chi connectivity index (χ1) is 14.4. The first-order valence-corrected chi connectivity index (χ1v) is 9.86. The SMILES string of the molecule is COC(=O)c1cccc2c1CCCN2C(=O)C[C@@H](NC(C)=O)c1ccc(OC)cc1. The molecule has 0 fully saturated rings. The van der Waals surface area contributed by atoms with Gasteiger partial charge in [-0.1, -0.05) is 18.2 Å². The van der Waals surface area contributed by atoms with Gasteiger partial charge in [0.1, 0.15) is 5.75 Å². The summed E-state index contributed by atoms with van der Waals surface area (Å²) in [4.78, 5) is 38.8. The molecule has 0 bridgehead atoms. The average Bonchev–Trinajstić information content (AvgIpc) is 2.77. The van der Waals surface area contributed by atoms with Crippen LogP contribution >= 0.6 is 0 Å². The van der Waals surface area contributed by atoms with Crippen molar-refractivity contribution in [2.24, 2.45) is 0 Å². The molecular formula is C23H26N2O5. The van der Waals surface area contributed by atoms with Gasteiger partial charge in [-0.3, -0.25) is 9.59 Å². The number of benzene rings is 2. The van der Waals surface area contributed by atoms with Crippen molar-refractivity contribution in [1.29, 1.82) is 0 Å². The summed E-state index contributed by atoms with van der Waals surface area (Å²) in [6, 6.07) is 12.1. The predicted molar refractivity (Wildman–Crippen MR) is 113 cm³/mol. The maximum absolute atomic E-state index is 13.2. The highest BCUT2D eigenvalue weighted by Crippen LogP contribution is 2.32. The van der Waals surface area contributed by atoms with Crippen molar-refractivity contribution >= 4 is 23.5 Å². The van der Waals surface area contributed by atoms with E-state index in [0.29, 0.717) is 24.3 Å². The molecule has 30 heavy (non-hydrogen) atoms. The normalized spacial score (nSPS) is 13.8. The molecule has 1 heterocycles. The van der Waals surface area contributed by atoms with Crippen molar-refractivity contribution in [3.05, 3.63) is 59.2 Å². The Labute approximate surface area is 176 Å². The van der Waals surface area contributed by atoms with Crippen molar-refractivity contribution in [3.8, 4) is 5.75 Å². The van der Waals surface area contributed by atoms with Gasteiger partial charge in [-0.05, 0) is 48.2 Å². The molecule has 2 amide bonds. The van der Waals surface area contributed by atoms with Crippen molar-refractivity contribution < 1.29 is 23.9 Å². The van der Waals surface area contributed by atoms with Crippen molar-refractivity contribution in [3.63, 3.8) is 0 Å². The van der Waals surface area contributed by atoms with E-state index in [1.54, 1.807) is 36.3 Å². The number of anilines is 1. The molecule has 0 aromatic heterocycles. The van der Waals surface area contributed by atoms with Gasteiger partial charge in [0, 0.05) is 19.2 Å². The molecule has 1 aliphatic rings. The Kier molecular flexibility index (Phi) is 6.72. The molecule has 0 spiro atoms. The fraction of sp³-hybridized carbons (Fsp3) is 0.348. The topological polar surface area (TPSA) is 84.9 Å². The third kappa shape index (κ3) is 4.62. The summed E-state index contributed by atoms with van der Waals surface area (Å²) < 4.78 is 10.1. The van der Waals surface area contributed by atoms with Gasteiger partial charge in [0.15, 0.2) is 0 Å². The molecule has 1 aliphatic heterocycles. The van der Waals surface area contributed by atoms with E-state index >= 15 is 0 Å². The van der Waals surface area contributed by atoms with E-state index in [4.69, 9.17) is 9.47 Å². The third-order valence-corrected chi connectivity index (χ3v) is 5.23. The van der Waals surface area contributed by atoms with Crippen molar-refractivity contribution in [2.75, 3.05) is 25.7 Å². The van der Waals surface area contributed by atoms with Gasteiger partial charge < -0.3 is 19.7 Å². The second-order valence-corrected chi connectivity index (χ2v) is 7.17. The predicted octanol–water partition coefficient (Wildman–Crippen LogP) is 3.03. The quantitative estimate of drug-likeness (QED) is 0.740. The molecule has 0 saturated carbocycles. The zero-order chi connectivity index (χ0) is 21.7. The fourth-order valence-electron chi connectivity index (χ4n) is 3.80. The molecule has 0 radical (unpaired) electrons. The maximum Gasteiger partial charge on any atom is 0.338 e. The summed E-state index contributed by atoms with van der Waals surface area (Å²) in [5.41, 5.74) is 2.86. The van der Waals surface area contributed by atoms with Crippen LogP contribution in [-0.2, 0) is 20.7 Å². The van der Waals surface area contributed by atoms with Crippen LogP contribution in [0, 0.1) is 0 Å². The van der Waals surface area contributed by atoms with Gasteiger partial charge in [-0.2, -0.15) is 0 Å². The van der Waals surface area contributed by atoms with Gasteiger partial charge in [0.2, 0.25) is 11.8 Å². The number of nitrogens with zero attached hydrogens (tertiary/aromatic N) is 1. The Morgan fingerprint density at radius 1 is 1.10 bits per heavy atom. The molecule has 7 heteroatoms. The average molecular weight is 410 g/mol. The highest BCUT2D eigenvalue weighted by Gasteiger charge is 2.28. The zero-order valence-corrected chi connectivity index (χ0v) is 17.4. The molecule has 1 atom stereocenters. The number of rotatable bonds is 6. The molecule has 0 aliphatic carbocycles. The Balaban J connectivity index is 1.86. The maximum atomic E-state index is 13.2. The minimum absolute atomic E-state index is 0.105. The number of carbonyl (C=O) groups is 3. The van der Waals surface area contributed by atoms with E-state index in [9.17, 15) is 14.4 Å². The van der Waals surface area contributed by atoms with E-state index in [2.05, 4.69) is 5.32 Å².